The van der Waals surface area contributed by atoms with Gasteiger partial charge in [0.1, 0.15) is 0 Å². The van der Waals surface area contributed by atoms with E-state index in [4.69, 9.17) is 16.0 Å². The van der Waals surface area contributed by atoms with Crippen molar-refractivity contribution in [1.29, 1.82) is 0 Å². The van der Waals surface area contributed by atoms with E-state index in [1.807, 2.05) is 30.3 Å². The van der Waals surface area contributed by atoms with Gasteiger partial charge in [-0.05, 0) is 37.1 Å². The number of benzene rings is 2. The van der Waals surface area contributed by atoms with Crippen LogP contribution in [0, 0.1) is 5.92 Å². The summed E-state index contributed by atoms with van der Waals surface area (Å²) in [5, 5.41) is 3.39. The first-order valence-electron chi connectivity index (χ1n) is 9.94. The number of aromatic nitrogens is 1. The van der Waals surface area contributed by atoms with Crippen molar-refractivity contribution in [3.05, 3.63) is 64.1 Å². The topological polar surface area (TPSA) is 84.5 Å². The first-order valence-corrected chi connectivity index (χ1v) is 10.3. The van der Waals surface area contributed by atoms with Gasteiger partial charge in [0.2, 0.25) is 11.8 Å². The molecule has 0 unspecified atom stereocenters. The highest BCUT2D eigenvalue weighted by atomic mass is 35.5. The van der Waals surface area contributed by atoms with E-state index in [1.54, 1.807) is 23.1 Å². The lowest BCUT2D eigenvalue weighted by Crippen LogP contribution is -2.44. The maximum Gasteiger partial charge on any atom is 0.419 e. The van der Waals surface area contributed by atoms with Crippen LogP contribution < -0.4 is 11.1 Å². The van der Waals surface area contributed by atoms with Crippen molar-refractivity contribution in [3.8, 4) is 0 Å². The predicted molar refractivity (Wildman–Crippen MR) is 114 cm³/mol. The number of rotatable bonds is 5. The van der Waals surface area contributed by atoms with Gasteiger partial charge in [-0.2, -0.15) is 0 Å². The molecule has 1 aliphatic heterocycles. The van der Waals surface area contributed by atoms with E-state index in [9.17, 15) is 14.4 Å². The number of amides is 2. The van der Waals surface area contributed by atoms with Crippen LogP contribution >= 0.6 is 11.6 Å². The molecule has 7 nitrogen and oxygen atoms in total. The Morgan fingerprint density at radius 1 is 1.17 bits per heavy atom. The summed E-state index contributed by atoms with van der Waals surface area (Å²) in [6.07, 6.45) is 1.67. The molecule has 156 valence electrons. The summed E-state index contributed by atoms with van der Waals surface area (Å²) >= 11 is 5.93. The molecule has 1 atom stereocenters. The van der Waals surface area contributed by atoms with Gasteiger partial charge in [0.15, 0.2) is 5.58 Å². The lowest BCUT2D eigenvalue weighted by atomic mass is 9.96. The molecule has 1 aromatic heterocycles. The first-order chi connectivity index (χ1) is 14.5. The third kappa shape index (κ3) is 4.41. The highest BCUT2D eigenvalue weighted by Crippen LogP contribution is 2.21. The van der Waals surface area contributed by atoms with Crippen LogP contribution in [0.3, 0.4) is 0 Å². The molecule has 0 radical (unpaired) electrons. The Labute approximate surface area is 178 Å². The number of piperidine rings is 1. The summed E-state index contributed by atoms with van der Waals surface area (Å²) in [6, 6.07) is 14.3. The molecule has 0 aliphatic carbocycles. The van der Waals surface area contributed by atoms with Crippen molar-refractivity contribution in [1.82, 2.24) is 9.47 Å². The minimum atomic E-state index is -0.515. The molecule has 1 saturated heterocycles. The molecule has 0 spiro atoms. The van der Waals surface area contributed by atoms with Crippen molar-refractivity contribution >= 4 is 40.2 Å². The number of hydrogen-bond donors (Lipinski definition) is 1. The second kappa shape index (κ2) is 8.75. The van der Waals surface area contributed by atoms with Gasteiger partial charge in [-0.3, -0.25) is 14.2 Å². The standard InChI is InChI=1S/C22H22ClN3O4/c23-16-8-9-18-19(13-16)30-22(29)26(18)12-10-20(27)25-11-4-5-15(14-25)21(28)24-17-6-2-1-3-7-17/h1-3,6-9,13,15H,4-5,10-12,14H2,(H,24,28)/t15-/m1/s1. The van der Waals surface area contributed by atoms with Gasteiger partial charge in [-0.1, -0.05) is 29.8 Å². The lowest BCUT2D eigenvalue weighted by molar-refractivity contribution is -0.134. The number of halogens is 1. The maximum absolute atomic E-state index is 12.7. The number of carbonyl (C=O) groups excluding carboxylic acids is 2. The predicted octanol–water partition coefficient (Wildman–Crippen LogP) is 3.52. The van der Waals surface area contributed by atoms with Crippen LogP contribution in [0.2, 0.25) is 5.02 Å². The number of anilines is 1. The molecule has 2 aromatic carbocycles. The number of aryl methyl sites for hydroxylation is 1. The molecular weight excluding hydrogens is 406 g/mol. The molecule has 1 N–H and O–H groups in total. The van der Waals surface area contributed by atoms with Crippen LogP contribution in [-0.2, 0) is 16.1 Å². The van der Waals surface area contributed by atoms with Crippen LogP contribution in [0.25, 0.3) is 11.1 Å². The number of carbonyl (C=O) groups is 2. The van der Waals surface area contributed by atoms with E-state index >= 15 is 0 Å². The summed E-state index contributed by atoms with van der Waals surface area (Å²) in [4.78, 5) is 39.2. The summed E-state index contributed by atoms with van der Waals surface area (Å²) in [6.45, 7) is 1.21. The second-order valence-corrected chi connectivity index (χ2v) is 7.85. The number of likely N-dealkylation sites (tertiary alicyclic amines) is 1. The van der Waals surface area contributed by atoms with Gasteiger partial charge >= 0.3 is 5.76 Å². The van der Waals surface area contributed by atoms with Gasteiger partial charge in [0.25, 0.3) is 0 Å². The number of nitrogens with zero attached hydrogens (tertiary/aromatic N) is 2. The lowest BCUT2D eigenvalue weighted by Gasteiger charge is -2.32. The molecule has 1 fully saturated rings. The quantitative estimate of drug-likeness (QED) is 0.675. The first kappa shape index (κ1) is 20.2. The molecule has 2 amide bonds. The third-order valence-corrected chi connectivity index (χ3v) is 5.60. The van der Waals surface area contributed by atoms with Crippen molar-refractivity contribution in [2.75, 3.05) is 18.4 Å². The van der Waals surface area contributed by atoms with E-state index < -0.39 is 5.76 Å². The van der Waals surface area contributed by atoms with Gasteiger partial charge in [0, 0.05) is 42.8 Å². The van der Waals surface area contributed by atoms with Gasteiger partial charge in [-0.25, -0.2) is 4.79 Å². The van der Waals surface area contributed by atoms with Gasteiger partial charge in [-0.15, -0.1) is 0 Å². The Kier molecular flexibility index (Phi) is 5.90. The average molecular weight is 428 g/mol. The van der Waals surface area contributed by atoms with Crippen LogP contribution in [0.15, 0.2) is 57.7 Å². The Morgan fingerprint density at radius 3 is 2.77 bits per heavy atom. The molecule has 0 bridgehead atoms. The maximum atomic E-state index is 12.7. The molecule has 3 aromatic rings. The van der Waals surface area contributed by atoms with Gasteiger partial charge < -0.3 is 14.6 Å². The second-order valence-electron chi connectivity index (χ2n) is 7.42. The van der Waals surface area contributed by atoms with Crippen molar-refractivity contribution in [2.24, 2.45) is 5.92 Å². The third-order valence-electron chi connectivity index (χ3n) is 5.37. The largest absolute Gasteiger partial charge is 0.419 e. The normalized spacial score (nSPS) is 16.6. The smallest absolute Gasteiger partial charge is 0.408 e. The van der Waals surface area contributed by atoms with Crippen LogP contribution in [0.1, 0.15) is 19.3 Å². The van der Waals surface area contributed by atoms with E-state index in [0.717, 1.165) is 18.5 Å². The summed E-state index contributed by atoms with van der Waals surface area (Å²) in [5.41, 5.74) is 1.75. The molecule has 1 aliphatic rings. The fourth-order valence-corrected chi connectivity index (χ4v) is 3.96. The van der Waals surface area contributed by atoms with E-state index in [0.29, 0.717) is 29.2 Å². The molecule has 8 heteroatoms. The molecule has 0 saturated carbocycles. The number of para-hydroxylation sites is 1. The van der Waals surface area contributed by atoms with Crippen LogP contribution in [0.4, 0.5) is 5.69 Å². The van der Waals surface area contributed by atoms with E-state index in [-0.39, 0.29) is 30.7 Å². The highest BCUT2D eigenvalue weighted by Gasteiger charge is 2.28. The van der Waals surface area contributed by atoms with Gasteiger partial charge in [0.05, 0.1) is 11.4 Å². The summed E-state index contributed by atoms with van der Waals surface area (Å²) < 4.78 is 6.65. The zero-order chi connectivity index (χ0) is 21.1. The number of nitrogens with one attached hydrogen (secondary N) is 1. The number of oxazole rings is 1. The Bertz CT molecular complexity index is 1120. The molecule has 30 heavy (non-hydrogen) atoms. The monoisotopic (exact) mass is 427 g/mol. The van der Waals surface area contributed by atoms with Crippen molar-refractivity contribution in [2.45, 2.75) is 25.8 Å². The SMILES string of the molecule is O=C(Nc1ccccc1)[C@@H]1CCCN(C(=O)CCn2c(=O)oc3cc(Cl)ccc32)C1. The number of hydrogen-bond acceptors (Lipinski definition) is 4. The summed E-state index contributed by atoms with van der Waals surface area (Å²) in [7, 11) is 0. The van der Waals surface area contributed by atoms with Crippen molar-refractivity contribution in [3.63, 3.8) is 0 Å². The zero-order valence-electron chi connectivity index (χ0n) is 16.3. The van der Waals surface area contributed by atoms with E-state index in [2.05, 4.69) is 5.32 Å². The fourth-order valence-electron chi connectivity index (χ4n) is 3.80. The van der Waals surface area contributed by atoms with E-state index in [1.165, 1.54) is 4.57 Å². The van der Waals surface area contributed by atoms with Crippen LogP contribution in [-0.4, -0.2) is 34.4 Å². The Morgan fingerprint density at radius 2 is 1.97 bits per heavy atom. The molecule has 2 heterocycles. The summed E-state index contributed by atoms with van der Waals surface area (Å²) in [5.74, 6) is -0.920. The molecular formula is C22H22ClN3O4. The Hall–Kier alpha value is -3.06. The zero-order valence-corrected chi connectivity index (χ0v) is 17.1. The minimum Gasteiger partial charge on any atom is -0.408 e. The average Bonchev–Trinajstić information content (AvgIpc) is 3.06. The molecule has 4 rings (SSSR count). The fraction of sp³-hybridized carbons (Fsp3) is 0.318. The van der Waals surface area contributed by atoms with Crippen LogP contribution in [0.5, 0.6) is 0 Å². The number of fused-ring (bicyclic) bond motifs is 1. The highest BCUT2D eigenvalue weighted by molar-refractivity contribution is 6.31. The minimum absolute atomic E-state index is 0.0763. The Balaban J connectivity index is 1.37. The van der Waals surface area contributed by atoms with Crippen molar-refractivity contribution < 1.29 is 14.0 Å².